The van der Waals surface area contributed by atoms with E-state index >= 15 is 0 Å². The van der Waals surface area contributed by atoms with E-state index < -0.39 is 0 Å². The third kappa shape index (κ3) is 2.78. The van der Waals surface area contributed by atoms with Crippen molar-refractivity contribution in [3.63, 3.8) is 0 Å². The summed E-state index contributed by atoms with van der Waals surface area (Å²) in [6, 6.07) is 17.7. The summed E-state index contributed by atoms with van der Waals surface area (Å²) >= 11 is 0. The maximum atomic E-state index is 6.34. The minimum Gasteiger partial charge on any atom is -0.328 e. The lowest BCUT2D eigenvalue weighted by Gasteiger charge is -2.32. The fourth-order valence-corrected chi connectivity index (χ4v) is 3.29. The van der Waals surface area contributed by atoms with Crippen LogP contribution in [0.25, 0.3) is 0 Å². The SMILES string of the molecule is Cc1ccccc1CCC(N)CC1Cc2ccccc21. The number of rotatable bonds is 5. The molecule has 1 heteroatoms. The lowest BCUT2D eigenvalue weighted by Crippen LogP contribution is -2.28. The van der Waals surface area contributed by atoms with E-state index in [9.17, 15) is 0 Å². The standard InChI is InChI=1S/C19H23N/c1-14-6-2-3-7-15(14)10-11-18(20)13-17-12-16-8-4-5-9-19(16)17/h2-9,17-18H,10-13,20H2,1H3. The monoisotopic (exact) mass is 265 g/mol. The van der Waals surface area contributed by atoms with Crippen molar-refractivity contribution in [2.75, 3.05) is 0 Å². The van der Waals surface area contributed by atoms with Gasteiger partial charge >= 0.3 is 0 Å². The molecule has 0 fully saturated rings. The summed E-state index contributed by atoms with van der Waals surface area (Å²) < 4.78 is 0. The quantitative estimate of drug-likeness (QED) is 0.869. The van der Waals surface area contributed by atoms with Crippen LogP contribution < -0.4 is 5.73 Å². The van der Waals surface area contributed by atoms with Crippen LogP contribution in [0.2, 0.25) is 0 Å². The third-order valence-electron chi connectivity index (χ3n) is 4.59. The van der Waals surface area contributed by atoms with Gasteiger partial charge in [0.2, 0.25) is 0 Å². The zero-order chi connectivity index (χ0) is 13.9. The molecule has 0 heterocycles. The Hall–Kier alpha value is -1.60. The Morgan fingerprint density at radius 1 is 1.10 bits per heavy atom. The van der Waals surface area contributed by atoms with Crippen LogP contribution in [0.1, 0.15) is 41.0 Å². The lowest BCUT2D eigenvalue weighted by molar-refractivity contribution is 0.467. The van der Waals surface area contributed by atoms with Crippen LogP contribution in [-0.2, 0) is 12.8 Å². The first-order valence-electron chi connectivity index (χ1n) is 7.62. The molecule has 3 rings (SSSR count). The second-order valence-corrected chi connectivity index (χ2v) is 6.06. The molecule has 1 aliphatic carbocycles. The second-order valence-electron chi connectivity index (χ2n) is 6.06. The van der Waals surface area contributed by atoms with E-state index in [1.54, 1.807) is 0 Å². The molecule has 2 aromatic rings. The number of benzene rings is 2. The van der Waals surface area contributed by atoms with Crippen LogP contribution in [0.4, 0.5) is 0 Å². The summed E-state index contributed by atoms with van der Waals surface area (Å²) in [5.41, 5.74) is 12.2. The van der Waals surface area contributed by atoms with Gasteiger partial charge in [-0.2, -0.15) is 0 Å². The van der Waals surface area contributed by atoms with Gasteiger partial charge in [-0.15, -0.1) is 0 Å². The Balaban J connectivity index is 1.52. The Labute approximate surface area is 121 Å². The number of hydrogen-bond acceptors (Lipinski definition) is 1. The molecule has 0 saturated carbocycles. The molecule has 0 aliphatic heterocycles. The molecule has 0 spiro atoms. The van der Waals surface area contributed by atoms with Gasteiger partial charge in [0.15, 0.2) is 0 Å². The predicted octanol–water partition coefficient (Wildman–Crippen LogP) is 3.98. The normalized spacial score (nSPS) is 18.2. The Morgan fingerprint density at radius 2 is 1.85 bits per heavy atom. The molecule has 2 atom stereocenters. The van der Waals surface area contributed by atoms with Gasteiger partial charge < -0.3 is 5.73 Å². The Kier molecular flexibility index (Phi) is 3.88. The topological polar surface area (TPSA) is 26.0 Å². The molecule has 0 radical (unpaired) electrons. The molecule has 1 nitrogen and oxygen atoms in total. The minimum atomic E-state index is 0.313. The van der Waals surface area contributed by atoms with E-state index in [1.165, 1.54) is 28.7 Å². The van der Waals surface area contributed by atoms with E-state index in [1.807, 2.05) is 0 Å². The van der Waals surface area contributed by atoms with Crippen LogP contribution in [0, 0.1) is 6.92 Å². The molecule has 20 heavy (non-hydrogen) atoms. The van der Waals surface area contributed by atoms with Gasteiger partial charge in [-0.25, -0.2) is 0 Å². The molecule has 1 aliphatic rings. The Morgan fingerprint density at radius 3 is 2.65 bits per heavy atom. The third-order valence-corrected chi connectivity index (χ3v) is 4.59. The molecular weight excluding hydrogens is 242 g/mol. The first-order chi connectivity index (χ1) is 9.74. The van der Waals surface area contributed by atoms with Gasteiger partial charge in [-0.3, -0.25) is 0 Å². The van der Waals surface area contributed by atoms with Crippen LogP contribution in [0.5, 0.6) is 0 Å². The van der Waals surface area contributed by atoms with Crippen molar-refractivity contribution in [3.8, 4) is 0 Å². The molecule has 104 valence electrons. The van der Waals surface area contributed by atoms with Crippen molar-refractivity contribution in [2.45, 2.75) is 44.6 Å². The summed E-state index contributed by atoms with van der Waals surface area (Å²) in [6.07, 6.45) is 4.53. The zero-order valence-corrected chi connectivity index (χ0v) is 12.2. The smallest absolute Gasteiger partial charge is 0.00479 e. The van der Waals surface area contributed by atoms with Crippen LogP contribution in [0.15, 0.2) is 48.5 Å². The highest BCUT2D eigenvalue weighted by Crippen LogP contribution is 2.38. The van der Waals surface area contributed by atoms with Crippen molar-refractivity contribution < 1.29 is 0 Å². The Bertz CT molecular complexity index is 588. The van der Waals surface area contributed by atoms with E-state index in [0.717, 1.165) is 19.3 Å². The molecule has 0 amide bonds. The maximum absolute atomic E-state index is 6.34. The lowest BCUT2D eigenvalue weighted by atomic mass is 9.74. The van der Waals surface area contributed by atoms with E-state index in [0.29, 0.717) is 12.0 Å². The van der Waals surface area contributed by atoms with Crippen molar-refractivity contribution in [1.82, 2.24) is 0 Å². The van der Waals surface area contributed by atoms with Gasteiger partial charge in [-0.05, 0) is 60.8 Å². The van der Waals surface area contributed by atoms with E-state index in [4.69, 9.17) is 5.73 Å². The fourth-order valence-electron chi connectivity index (χ4n) is 3.29. The van der Waals surface area contributed by atoms with E-state index in [2.05, 4.69) is 55.5 Å². The van der Waals surface area contributed by atoms with Gasteiger partial charge in [0, 0.05) is 6.04 Å². The highest BCUT2D eigenvalue weighted by Gasteiger charge is 2.26. The molecule has 2 unspecified atom stereocenters. The average Bonchev–Trinajstić information content (AvgIpc) is 2.44. The second kappa shape index (κ2) is 5.80. The summed E-state index contributed by atoms with van der Waals surface area (Å²) in [6.45, 7) is 2.18. The molecular formula is C19H23N. The zero-order valence-electron chi connectivity index (χ0n) is 12.2. The molecule has 2 aromatic carbocycles. The van der Waals surface area contributed by atoms with Crippen molar-refractivity contribution in [3.05, 3.63) is 70.8 Å². The first kappa shape index (κ1) is 13.4. The number of hydrogen-bond donors (Lipinski definition) is 1. The number of fused-ring (bicyclic) bond motifs is 1. The first-order valence-corrected chi connectivity index (χ1v) is 7.62. The minimum absolute atomic E-state index is 0.313. The molecule has 0 bridgehead atoms. The molecule has 0 aromatic heterocycles. The van der Waals surface area contributed by atoms with Gasteiger partial charge in [0.1, 0.15) is 0 Å². The van der Waals surface area contributed by atoms with Gasteiger partial charge in [0.25, 0.3) is 0 Å². The van der Waals surface area contributed by atoms with Crippen molar-refractivity contribution in [2.24, 2.45) is 5.73 Å². The van der Waals surface area contributed by atoms with E-state index in [-0.39, 0.29) is 0 Å². The summed E-state index contributed by atoms with van der Waals surface area (Å²) in [4.78, 5) is 0. The van der Waals surface area contributed by atoms with Crippen LogP contribution >= 0.6 is 0 Å². The molecule has 0 saturated heterocycles. The van der Waals surface area contributed by atoms with Gasteiger partial charge in [0.05, 0.1) is 0 Å². The highest BCUT2D eigenvalue weighted by molar-refractivity contribution is 5.39. The van der Waals surface area contributed by atoms with Crippen molar-refractivity contribution >= 4 is 0 Å². The largest absolute Gasteiger partial charge is 0.328 e. The predicted molar refractivity (Wildman–Crippen MR) is 85.0 cm³/mol. The van der Waals surface area contributed by atoms with Crippen LogP contribution in [-0.4, -0.2) is 6.04 Å². The van der Waals surface area contributed by atoms with Crippen molar-refractivity contribution in [1.29, 1.82) is 0 Å². The summed E-state index contributed by atoms with van der Waals surface area (Å²) in [5.74, 6) is 0.693. The summed E-state index contributed by atoms with van der Waals surface area (Å²) in [7, 11) is 0. The number of aryl methyl sites for hydroxylation is 2. The summed E-state index contributed by atoms with van der Waals surface area (Å²) in [5, 5.41) is 0. The van der Waals surface area contributed by atoms with Crippen LogP contribution in [0.3, 0.4) is 0 Å². The molecule has 2 N–H and O–H groups in total. The van der Waals surface area contributed by atoms with Gasteiger partial charge in [-0.1, -0.05) is 48.5 Å². The average molecular weight is 265 g/mol. The highest BCUT2D eigenvalue weighted by atomic mass is 14.6. The maximum Gasteiger partial charge on any atom is 0.00479 e. The number of nitrogens with two attached hydrogens (primary N) is 1. The fraction of sp³-hybridized carbons (Fsp3) is 0.368.